The van der Waals surface area contributed by atoms with Gasteiger partial charge in [0, 0.05) is 24.0 Å². The molecule has 1 aliphatic carbocycles. The normalized spacial score (nSPS) is 27.1. The van der Waals surface area contributed by atoms with Gasteiger partial charge in [-0.15, -0.1) is 11.3 Å². The smallest absolute Gasteiger partial charge is 0.0795 e. The zero-order chi connectivity index (χ0) is 10.7. The maximum Gasteiger partial charge on any atom is 0.0795 e. The summed E-state index contributed by atoms with van der Waals surface area (Å²) in [6.45, 7) is 0.976. The number of aromatic nitrogens is 1. The highest BCUT2D eigenvalue weighted by Crippen LogP contribution is 2.22. The lowest BCUT2D eigenvalue weighted by Gasteiger charge is -2.33. The van der Waals surface area contributed by atoms with E-state index >= 15 is 0 Å². The van der Waals surface area contributed by atoms with Gasteiger partial charge in [-0.2, -0.15) is 0 Å². The second kappa shape index (κ2) is 5.05. The molecule has 0 aromatic carbocycles. The second-order valence-corrected chi connectivity index (χ2v) is 5.18. The van der Waals surface area contributed by atoms with Crippen LogP contribution in [0.2, 0.25) is 0 Å². The van der Waals surface area contributed by atoms with E-state index in [2.05, 4.69) is 22.3 Å². The minimum atomic E-state index is 0.439. The summed E-state index contributed by atoms with van der Waals surface area (Å²) in [5.74, 6) is 0. The van der Waals surface area contributed by atoms with E-state index in [1.165, 1.54) is 31.4 Å². The summed E-state index contributed by atoms with van der Waals surface area (Å²) >= 11 is 1.67. The van der Waals surface area contributed by atoms with E-state index in [0.29, 0.717) is 12.1 Å². The predicted molar refractivity (Wildman–Crippen MR) is 63.8 cm³/mol. The van der Waals surface area contributed by atoms with Crippen LogP contribution >= 0.6 is 11.3 Å². The van der Waals surface area contributed by atoms with E-state index in [4.69, 9.17) is 5.73 Å². The van der Waals surface area contributed by atoms with Crippen molar-refractivity contribution in [2.45, 2.75) is 44.3 Å². The Bertz CT molecular complexity index is 278. The summed E-state index contributed by atoms with van der Waals surface area (Å²) in [6.07, 6.45) is 4.82. The van der Waals surface area contributed by atoms with Crippen LogP contribution < -0.4 is 5.73 Å². The van der Waals surface area contributed by atoms with E-state index < -0.39 is 0 Å². The molecule has 0 aliphatic heterocycles. The Morgan fingerprint density at radius 3 is 2.80 bits per heavy atom. The van der Waals surface area contributed by atoms with Gasteiger partial charge >= 0.3 is 0 Å². The van der Waals surface area contributed by atoms with Crippen LogP contribution in [0, 0.1) is 0 Å². The first-order valence-corrected chi connectivity index (χ1v) is 6.53. The molecule has 0 bridgehead atoms. The summed E-state index contributed by atoms with van der Waals surface area (Å²) in [5, 5.41) is 2.13. The predicted octanol–water partition coefficient (Wildman–Crippen LogP) is 1.84. The van der Waals surface area contributed by atoms with Crippen molar-refractivity contribution in [1.82, 2.24) is 9.88 Å². The average molecular weight is 225 g/mol. The number of hydrogen-bond donors (Lipinski definition) is 1. The molecule has 1 saturated carbocycles. The maximum absolute atomic E-state index is 5.90. The molecule has 1 aromatic rings. The standard InChI is InChI=1S/C11H19N3S/c1-14(6-10-7-15-8-13-10)11-4-2-9(12)3-5-11/h7-9,11H,2-6,12H2,1H3. The van der Waals surface area contributed by atoms with Gasteiger partial charge in [0.05, 0.1) is 11.2 Å². The molecule has 0 radical (unpaired) electrons. The molecule has 1 aliphatic rings. The van der Waals surface area contributed by atoms with Gasteiger partial charge < -0.3 is 5.73 Å². The van der Waals surface area contributed by atoms with Gasteiger partial charge in [-0.3, -0.25) is 4.90 Å². The molecule has 0 saturated heterocycles. The highest BCUT2D eigenvalue weighted by Gasteiger charge is 2.21. The third-order valence-corrected chi connectivity index (χ3v) is 3.89. The summed E-state index contributed by atoms with van der Waals surface area (Å²) in [4.78, 5) is 6.74. The molecule has 0 atom stereocenters. The van der Waals surface area contributed by atoms with Crippen LogP contribution in [0.4, 0.5) is 0 Å². The summed E-state index contributed by atoms with van der Waals surface area (Å²) < 4.78 is 0. The van der Waals surface area contributed by atoms with Gasteiger partial charge in [0.15, 0.2) is 0 Å². The zero-order valence-electron chi connectivity index (χ0n) is 9.22. The van der Waals surface area contributed by atoms with Crippen molar-refractivity contribution in [3.05, 3.63) is 16.6 Å². The van der Waals surface area contributed by atoms with Crippen molar-refractivity contribution < 1.29 is 0 Å². The molecule has 0 unspecified atom stereocenters. The van der Waals surface area contributed by atoms with Crippen LogP contribution in [0.3, 0.4) is 0 Å². The molecule has 0 spiro atoms. The second-order valence-electron chi connectivity index (χ2n) is 4.46. The lowest BCUT2D eigenvalue weighted by molar-refractivity contribution is 0.175. The fourth-order valence-corrected chi connectivity index (χ4v) is 2.79. The molecular formula is C11H19N3S. The number of nitrogens with zero attached hydrogens (tertiary/aromatic N) is 2. The molecule has 1 aromatic heterocycles. The highest BCUT2D eigenvalue weighted by molar-refractivity contribution is 7.07. The van der Waals surface area contributed by atoms with E-state index in [-0.39, 0.29) is 0 Å². The van der Waals surface area contributed by atoms with Crippen molar-refractivity contribution in [2.75, 3.05) is 7.05 Å². The van der Waals surface area contributed by atoms with Gasteiger partial charge in [0.1, 0.15) is 0 Å². The molecule has 84 valence electrons. The first kappa shape index (κ1) is 11.0. The molecule has 4 heteroatoms. The minimum Gasteiger partial charge on any atom is -0.328 e. The largest absolute Gasteiger partial charge is 0.328 e. The Kier molecular flexibility index (Phi) is 3.72. The number of hydrogen-bond acceptors (Lipinski definition) is 4. The topological polar surface area (TPSA) is 42.2 Å². The fraction of sp³-hybridized carbons (Fsp3) is 0.727. The third-order valence-electron chi connectivity index (χ3n) is 3.26. The van der Waals surface area contributed by atoms with Crippen molar-refractivity contribution in [3.63, 3.8) is 0 Å². The summed E-state index contributed by atoms with van der Waals surface area (Å²) in [6, 6.07) is 1.14. The van der Waals surface area contributed by atoms with E-state index in [0.717, 1.165) is 6.54 Å². The molecule has 2 N–H and O–H groups in total. The first-order valence-electron chi connectivity index (χ1n) is 5.58. The Hall–Kier alpha value is -0.450. The monoisotopic (exact) mass is 225 g/mol. The molecule has 3 nitrogen and oxygen atoms in total. The summed E-state index contributed by atoms with van der Waals surface area (Å²) in [7, 11) is 2.20. The number of rotatable bonds is 3. The lowest BCUT2D eigenvalue weighted by atomic mass is 9.91. The lowest BCUT2D eigenvalue weighted by Crippen LogP contribution is -2.38. The van der Waals surface area contributed by atoms with Crippen LogP contribution in [0.5, 0.6) is 0 Å². The van der Waals surface area contributed by atoms with Crippen LogP contribution in [0.1, 0.15) is 31.4 Å². The fourth-order valence-electron chi connectivity index (χ4n) is 2.24. The van der Waals surface area contributed by atoms with E-state index in [1.807, 2.05) is 5.51 Å². The quantitative estimate of drug-likeness (QED) is 0.853. The number of nitrogens with two attached hydrogens (primary N) is 1. The molecule has 0 amide bonds. The van der Waals surface area contributed by atoms with Crippen molar-refractivity contribution in [1.29, 1.82) is 0 Å². The van der Waals surface area contributed by atoms with Crippen LogP contribution in [0.15, 0.2) is 10.9 Å². The van der Waals surface area contributed by atoms with Crippen LogP contribution in [0.25, 0.3) is 0 Å². The number of thiazole rings is 1. The average Bonchev–Trinajstić information content (AvgIpc) is 2.71. The van der Waals surface area contributed by atoms with Gasteiger partial charge in [-0.1, -0.05) is 0 Å². The molecule has 2 rings (SSSR count). The first-order chi connectivity index (χ1) is 7.25. The SMILES string of the molecule is CN(Cc1cscn1)C1CCC(N)CC1. The van der Waals surface area contributed by atoms with Crippen molar-refractivity contribution in [2.24, 2.45) is 5.73 Å². The Morgan fingerprint density at radius 1 is 1.47 bits per heavy atom. The Balaban J connectivity index is 1.83. The zero-order valence-corrected chi connectivity index (χ0v) is 10.0. The molecule has 1 heterocycles. The van der Waals surface area contributed by atoms with Gasteiger partial charge in [0.2, 0.25) is 0 Å². The van der Waals surface area contributed by atoms with Gasteiger partial charge in [-0.05, 0) is 32.7 Å². The molecular weight excluding hydrogens is 206 g/mol. The minimum absolute atomic E-state index is 0.439. The van der Waals surface area contributed by atoms with E-state index in [1.54, 1.807) is 11.3 Å². The highest BCUT2D eigenvalue weighted by atomic mass is 32.1. The Labute approximate surface area is 95.3 Å². The Morgan fingerprint density at radius 2 is 2.20 bits per heavy atom. The summed E-state index contributed by atoms with van der Waals surface area (Å²) in [5.41, 5.74) is 9.00. The molecule has 1 fully saturated rings. The van der Waals surface area contributed by atoms with E-state index in [9.17, 15) is 0 Å². The molecule has 15 heavy (non-hydrogen) atoms. The van der Waals surface area contributed by atoms with Crippen LogP contribution in [-0.4, -0.2) is 29.0 Å². The van der Waals surface area contributed by atoms with Crippen molar-refractivity contribution >= 4 is 11.3 Å². The van der Waals surface area contributed by atoms with Crippen LogP contribution in [-0.2, 0) is 6.54 Å². The third kappa shape index (κ3) is 3.00. The van der Waals surface area contributed by atoms with Gasteiger partial charge in [0.25, 0.3) is 0 Å². The van der Waals surface area contributed by atoms with Gasteiger partial charge in [-0.25, -0.2) is 4.98 Å². The van der Waals surface area contributed by atoms with Crippen molar-refractivity contribution in [3.8, 4) is 0 Å². The maximum atomic E-state index is 5.90.